The van der Waals surface area contributed by atoms with Gasteiger partial charge in [-0.1, -0.05) is 42.5 Å². The molecule has 4 heteroatoms. The van der Waals surface area contributed by atoms with Crippen molar-refractivity contribution in [3.63, 3.8) is 0 Å². The first-order valence-corrected chi connectivity index (χ1v) is 9.30. The Morgan fingerprint density at radius 1 is 0.885 bits per heavy atom. The zero-order valence-electron chi connectivity index (χ0n) is 15.0. The molecule has 26 heavy (non-hydrogen) atoms. The van der Waals surface area contributed by atoms with E-state index >= 15 is 0 Å². The molecule has 0 bridgehead atoms. The third kappa shape index (κ3) is 2.53. The van der Waals surface area contributed by atoms with Crippen LogP contribution in [0.1, 0.15) is 23.6 Å². The number of benzene rings is 2. The van der Waals surface area contributed by atoms with Gasteiger partial charge in [-0.05, 0) is 42.5 Å². The summed E-state index contributed by atoms with van der Waals surface area (Å²) < 4.78 is 0. The van der Waals surface area contributed by atoms with Crippen molar-refractivity contribution in [3.8, 4) is 0 Å². The van der Waals surface area contributed by atoms with Crippen molar-refractivity contribution in [3.05, 3.63) is 77.6 Å². The van der Waals surface area contributed by atoms with Gasteiger partial charge in [-0.25, -0.2) is 9.97 Å². The maximum absolute atomic E-state index is 4.60. The third-order valence-electron chi connectivity index (χ3n) is 5.55. The van der Waals surface area contributed by atoms with Crippen LogP contribution >= 0.6 is 0 Å². The Hall–Kier alpha value is -2.88. The highest BCUT2D eigenvalue weighted by molar-refractivity contribution is 5.70. The van der Waals surface area contributed by atoms with E-state index < -0.39 is 0 Å². The van der Waals surface area contributed by atoms with Crippen LogP contribution in [0.4, 0.5) is 17.3 Å². The van der Waals surface area contributed by atoms with Gasteiger partial charge in [0.1, 0.15) is 18.0 Å². The molecule has 0 N–H and O–H groups in total. The molecule has 3 heterocycles. The van der Waals surface area contributed by atoms with Crippen LogP contribution in [0, 0.1) is 0 Å². The largest absolute Gasteiger partial charge is 0.352 e. The van der Waals surface area contributed by atoms with Crippen molar-refractivity contribution in [2.45, 2.75) is 32.4 Å². The summed E-state index contributed by atoms with van der Waals surface area (Å²) in [4.78, 5) is 13.9. The summed E-state index contributed by atoms with van der Waals surface area (Å²) in [5, 5.41) is 0. The molecule has 2 aromatic carbocycles. The average molecular weight is 342 g/mol. The van der Waals surface area contributed by atoms with Crippen LogP contribution in [0.5, 0.6) is 0 Å². The highest BCUT2D eigenvalue weighted by atomic mass is 15.3. The third-order valence-corrected chi connectivity index (χ3v) is 5.55. The highest BCUT2D eigenvalue weighted by Gasteiger charge is 2.28. The number of para-hydroxylation sites is 1. The monoisotopic (exact) mass is 342 g/mol. The van der Waals surface area contributed by atoms with Crippen LogP contribution in [0.3, 0.4) is 0 Å². The fraction of sp³-hybridized carbons (Fsp3) is 0.273. The van der Waals surface area contributed by atoms with Gasteiger partial charge in [0.05, 0.1) is 0 Å². The molecule has 3 aromatic rings. The lowest BCUT2D eigenvalue weighted by atomic mass is 10.00. The molecule has 0 radical (unpaired) electrons. The summed E-state index contributed by atoms with van der Waals surface area (Å²) >= 11 is 0. The standard InChI is InChI=1S/C22H22N4/c1-16-12-18-7-4-5-9-20(18)26(16)22-13-21(23-15-24-22)25-11-10-17-6-2-3-8-19(17)14-25/h2-9,13,15-16H,10-12,14H2,1H3. The number of anilines is 3. The van der Waals surface area contributed by atoms with E-state index in [9.17, 15) is 0 Å². The number of hydrogen-bond donors (Lipinski definition) is 0. The fourth-order valence-corrected chi connectivity index (χ4v) is 4.25. The Morgan fingerprint density at radius 2 is 1.62 bits per heavy atom. The lowest BCUT2D eigenvalue weighted by molar-refractivity contribution is 0.715. The van der Waals surface area contributed by atoms with E-state index in [4.69, 9.17) is 0 Å². The summed E-state index contributed by atoms with van der Waals surface area (Å²) in [7, 11) is 0. The van der Waals surface area contributed by atoms with E-state index in [0.29, 0.717) is 6.04 Å². The summed E-state index contributed by atoms with van der Waals surface area (Å²) in [6.45, 7) is 4.18. The maximum atomic E-state index is 4.60. The van der Waals surface area contributed by atoms with Gasteiger partial charge in [0.2, 0.25) is 0 Å². The molecule has 0 spiro atoms. The fourth-order valence-electron chi connectivity index (χ4n) is 4.25. The van der Waals surface area contributed by atoms with E-state index in [1.807, 2.05) is 0 Å². The van der Waals surface area contributed by atoms with Crippen LogP contribution < -0.4 is 9.80 Å². The van der Waals surface area contributed by atoms with Gasteiger partial charge in [0, 0.05) is 30.9 Å². The lowest BCUT2D eigenvalue weighted by Gasteiger charge is -2.31. The van der Waals surface area contributed by atoms with Crippen molar-refractivity contribution in [2.75, 3.05) is 16.3 Å². The number of fused-ring (bicyclic) bond motifs is 2. The normalized spacial score (nSPS) is 18.6. The average Bonchev–Trinajstić information content (AvgIpc) is 3.03. The maximum Gasteiger partial charge on any atom is 0.138 e. The molecular weight excluding hydrogens is 320 g/mol. The summed E-state index contributed by atoms with van der Waals surface area (Å²) in [5.41, 5.74) is 5.53. The Bertz CT molecular complexity index is 952. The Balaban J connectivity index is 1.47. The van der Waals surface area contributed by atoms with Gasteiger partial charge in [-0.15, -0.1) is 0 Å². The van der Waals surface area contributed by atoms with Crippen molar-refractivity contribution in [2.24, 2.45) is 0 Å². The highest BCUT2D eigenvalue weighted by Crippen LogP contribution is 2.38. The van der Waals surface area contributed by atoms with Gasteiger partial charge >= 0.3 is 0 Å². The smallest absolute Gasteiger partial charge is 0.138 e. The van der Waals surface area contributed by atoms with Crippen LogP contribution in [-0.2, 0) is 19.4 Å². The number of nitrogens with zero attached hydrogens (tertiary/aromatic N) is 4. The lowest BCUT2D eigenvalue weighted by Crippen LogP contribution is -2.31. The van der Waals surface area contributed by atoms with E-state index in [0.717, 1.165) is 37.6 Å². The minimum Gasteiger partial charge on any atom is -0.352 e. The molecule has 1 aromatic heterocycles. The molecule has 4 nitrogen and oxygen atoms in total. The van der Waals surface area contributed by atoms with Crippen LogP contribution in [0.25, 0.3) is 0 Å². The molecule has 0 amide bonds. The molecule has 130 valence electrons. The molecule has 0 saturated heterocycles. The topological polar surface area (TPSA) is 32.3 Å². The van der Waals surface area contributed by atoms with Crippen molar-refractivity contribution >= 4 is 17.3 Å². The molecule has 5 rings (SSSR count). The number of hydrogen-bond acceptors (Lipinski definition) is 4. The zero-order valence-corrected chi connectivity index (χ0v) is 15.0. The van der Waals surface area contributed by atoms with Gasteiger partial charge < -0.3 is 9.80 Å². The van der Waals surface area contributed by atoms with Gasteiger partial charge in [0.15, 0.2) is 0 Å². The van der Waals surface area contributed by atoms with E-state index in [2.05, 4.69) is 81.3 Å². The quantitative estimate of drug-likeness (QED) is 0.701. The summed E-state index contributed by atoms with van der Waals surface area (Å²) in [5.74, 6) is 2.01. The van der Waals surface area contributed by atoms with Crippen molar-refractivity contribution in [1.82, 2.24) is 9.97 Å². The number of rotatable bonds is 2. The predicted octanol–water partition coefficient (Wildman–Crippen LogP) is 4.12. The molecule has 2 aliphatic rings. The van der Waals surface area contributed by atoms with Crippen LogP contribution in [0.2, 0.25) is 0 Å². The SMILES string of the molecule is CC1Cc2ccccc2N1c1cc(N2CCc3ccccc3C2)ncn1. The minimum atomic E-state index is 0.414. The van der Waals surface area contributed by atoms with E-state index in [1.165, 1.54) is 22.4 Å². The first-order valence-electron chi connectivity index (χ1n) is 9.30. The second-order valence-corrected chi connectivity index (χ2v) is 7.23. The Labute approximate surface area is 154 Å². The molecule has 2 aliphatic heterocycles. The predicted molar refractivity (Wildman–Crippen MR) is 105 cm³/mol. The molecule has 1 unspecified atom stereocenters. The Morgan fingerprint density at radius 3 is 2.50 bits per heavy atom. The molecule has 0 aliphatic carbocycles. The van der Waals surface area contributed by atoms with Gasteiger partial charge in [-0.2, -0.15) is 0 Å². The van der Waals surface area contributed by atoms with E-state index in [1.54, 1.807) is 6.33 Å². The van der Waals surface area contributed by atoms with Gasteiger partial charge in [0.25, 0.3) is 0 Å². The van der Waals surface area contributed by atoms with Crippen LogP contribution in [-0.4, -0.2) is 22.6 Å². The second kappa shape index (κ2) is 6.13. The Kier molecular flexibility index (Phi) is 3.63. The summed E-state index contributed by atoms with van der Waals surface area (Å²) in [6, 6.07) is 19.9. The second-order valence-electron chi connectivity index (χ2n) is 7.23. The van der Waals surface area contributed by atoms with Crippen molar-refractivity contribution in [1.29, 1.82) is 0 Å². The molecule has 0 saturated carbocycles. The van der Waals surface area contributed by atoms with Gasteiger partial charge in [-0.3, -0.25) is 0 Å². The number of aromatic nitrogens is 2. The van der Waals surface area contributed by atoms with Crippen molar-refractivity contribution < 1.29 is 0 Å². The van der Waals surface area contributed by atoms with E-state index in [-0.39, 0.29) is 0 Å². The zero-order chi connectivity index (χ0) is 17.5. The summed E-state index contributed by atoms with van der Waals surface area (Å²) in [6.07, 6.45) is 3.84. The van der Waals surface area contributed by atoms with Crippen LogP contribution in [0.15, 0.2) is 60.9 Å². The first-order chi connectivity index (χ1) is 12.8. The minimum absolute atomic E-state index is 0.414. The first kappa shape index (κ1) is 15.4. The molecular formula is C22H22N4. The molecule has 0 fully saturated rings. The molecule has 1 atom stereocenters.